The van der Waals surface area contributed by atoms with Crippen molar-refractivity contribution >= 4 is 33.4 Å². The van der Waals surface area contributed by atoms with E-state index < -0.39 is 15.9 Å². The number of para-hydroxylation sites is 1. The Morgan fingerprint density at radius 2 is 1.65 bits per heavy atom. The van der Waals surface area contributed by atoms with E-state index >= 15 is 0 Å². The van der Waals surface area contributed by atoms with Crippen molar-refractivity contribution in [1.29, 1.82) is 0 Å². The van der Waals surface area contributed by atoms with Crippen LogP contribution in [0.15, 0.2) is 82.6 Å². The van der Waals surface area contributed by atoms with Gasteiger partial charge in [0.1, 0.15) is 24.7 Å². The quantitative estimate of drug-likeness (QED) is 0.232. The molecule has 0 radical (unpaired) electrons. The zero-order chi connectivity index (χ0) is 26.8. The van der Waals surface area contributed by atoms with Gasteiger partial charge >= 0.3 is 0 Å². The number of hydrogen-bond donors (Lipinski definition) is 1. The van der Waals surface area contributed by atoms with E-state index in [1.54, 1.807) is 48.5 Å². The number of sulfonamides is 1. The van der Waals surface area contributed by atoms with Crippen LogP contribution < -0.4 is 19.1 Å². The second-order valence-electron chi connectivity index (χ2n) is 8.51. The molecule has 37 heavy (non-hydrogen) atoms. The molecule has 1 amide bonds. The summed E-state index contributed by atoms with van der Waals surface area (Å²) in [6, 6.07) is 21.1. The lowest BCUT2D eigenvalue weighted by Gasteiger charge is -2.24. The second-order valence-corrected chi connectivity index (χ2v) is 11.2. The van der Waals surface area contributed by atoms with Crippen LogP contribution >= 0.6 is 11.8 Å². The monoisotopic (exact) mass is 542 g/mol. The van der Waals surface area contributed by atoms with Crippen molar-refractivity contribution in [3.63, 3.8) is 0 Å². The smallest absolute Gasteiger partial charge is 0.264 e. The van der Waals surface area contributed by atoms with Crippen molar-refractivity contribution in [3.05, 3.63) is 78.4 Å². The summed E-state index contributed by atoms with van der Waals surface area (Å²) in [6.45, 7) is 6.69. The average Bonchev–Trinajstić information content (AvgIpc) is 2.90. The zero-order valence-corrected chi connectivity index (χ0v) is 23.3. The normalized spacial score (nSPS) is 11.3. The first-order chi connectivity index (χ1) is 17.8. The highest BCUT2D eigenvalue weighted by atomic mass is 32.2. The van der Waals surface area contributed by atoms with E-state index in [1.807, 2.05) is 37.4 Å². The van der Waals surface area contributed by atoms with Gasteiger partial charge in [0.2, 0.25) is 5.91 Å². The van der Waals surface area contributed by atoms with Crippen molar-refractivity contribution in [2.24, 2.45) is 0 Å². The number of amides is 1. The van der Waals surface area contributed by atoms with Crippen molar-refractivity contribution < 1.29 is 22.7 Å². The Bertz CT molecular complexity index is 1260. The largest absolute Gasteiger partial charge is 0.494 e. The molecule has 3 aromatic rings. The summed E-state index contributed by atoms with van der Waals surface area (Å²) < 4.78 is 39.6. The second kappa shape index (κ2) is 13.4. The molecule has 3 aromatic carbocycles. The molecule has 9 heteroatoms. The van der Waals surface area contributed by atoms with Crippen LogP contribution in [0.3, 0.4) is 0 Å². The van der Waals surface area contributed by atoms with Crippen LogP contribution in [0.25, 0.3) is 0 Å². The highest BCUT2D eigenvalue weighted by Crippen LogP contribution is 2.28. The third kappa shape index (κ3) is 7.66. The molecule has 7 nitrogen and oxygen atoms in total. The Labute approximate surface area is 224 Å². The molecule has 3 rings (SSSR count). The third-order valence-electron chi connectivity index (χ3n) is 5.59. The lowest BCUT2D eigenvalue weighted by Crippen LogP contribution is -2.41. The standard InChI is InChI=1S/C28H34N2O5S2/c1-5-34-23-12-10-22(11-13-23)30(37(32,33)25-16-14-24(36-4)15-17-25)20-28(31)29-18-19-35-27-9-7-6-8-26(27)21(2)3/h6-17,21H,5,18-20H2,1-4H3,(H,29,31). The number of nitrogens with one attached hydrogen (secondary N) is 1. The fraction of sp³-hybridized carbons (Fsp3) is 0.321. The van der Waals surface area contributed by atoms with Gasteiger partial charge in [-0.25, -0.2) is 8.42 Å². The number of carbonyl (C=O) groups is 1. The summed E-state index contributed by atoms with van der Waals surface area (Å²) in [5, 5.41) is 2.78. The van der Waals surface area contributed by atoms with Gasteiger partial charge in [-0.3, -0.25) is 9.10 Å². The van der Waals surface area contributed by atoms with Gasteiger partial charge in [-0.15, -0.1) is 11.8 Å². The maximum absolute atomic E-state index is 13.6. The number of hydrogen-bond acceptors (Lipinski definition) is 6. The first-order valence-corrected chi connectivity index (χ1v) is 14.8. The Hall–Kier alpha value is -3.17. The van der Waals surface area contributed by atoms with Crippen LogP contribution in [0.1, 0.15) is 32.3 Å². The molecule has 0 saturated carbocycles. The van der Waals surface area contributed by atoms with E-state index in [0.29, 0.717) is 24.0 Å². The predicted octanol–water partition coefficient (Wildman–Crippen LogP) is 5.32. The van der Waals surface area contributed by atoms with Gasteiger partial charge < -0.3 is 14.8 Å². The molecule has 0 spiro atoms. The van der Waals surface area contributed by atoms with Crippen LogP contribution in [0, 0.1) is 0 Å². The summed E-state index contributed by atoms with van der Waals surface area (Å²) in [6.07, 6.45) is 1.92. The lowest BCUT2D eigenvalue weighted by atomic mass is 10.0. The number of benzene rings is 3. The van der Waals surface area contributed by atoms with Crippen LogP contribution in [-0.4, -0.2) is 46.9 Å². The van der Waals surface area contributed by atoms with Crippen molar-refractivity contribution in [2.45, 2.75) is 36.5 Å². The Morgan fingerprint density at radius 3 is 2.27 bits per heavy atom. The van der Waals surface area contributed by atoms with Crippen LogP contribution in [0.2, 0.25) is 0 Å². The van der Waals surface area contributed by atoms with Crippen molar-refractivity contribution in [2.75, 3.05) is 36.9 Å². The molecular formula is C28H34N2O5S2. The molecule has 0 heterocycles. The SMILES string of the molecule is CCOc1ccc(N(CC(=O)NCCOc2ccccc2C(C)C)S(=O)(=O)c2ccc(SC)cc2)cc1. The number of anilines is 1. The van der Waals surface area contributed by atoms with Gasteiger partial charge in [-0.05, 0) is 79.3 Å². The van der Waals surface area contributed by atoms with Gasteiger partial charge in [-0.1, -0.05) is 32.0 Å². The summed E-state index contributed by atoms with van der Waals surface area (Å²) in [5.74, 6) is 1.28. The molecule has 198 valence electrons. The highest BCUT2D eigenvalue weighted by Gasteiger charge is 2.27. The molecule has 0 aliphatic heterocycles. The Balaban J connectivity index is 1.73. The minimum Gasteiger partial charge on any atom is -0.494 e. The summed E-state index contributed by atoms with van der Waals surface area (Å²) in [4.78, 5) is 13.9. The summed E-state index contributed by atoms with van der Waals surface area (Å²) in [7, 11) is -4.00. The minimum atomic E-state index is -4.00. The molecule has 1 N–H and O–H groups in total. The number of ether oxygens (including phenoxy) is 2. The maximum atomic E-state index is 13.6. The minimum absolute atomic E-state index is 0.112. The van der Waals surface area contributed by atoms with E-state index in [0.717, 1.165) is 20.5 Å². The number of nitrogens with zero attached hydrogens (tertiary/aromatic N) is 1. The molecule has 0 saturated heterocycles. The van der Waals surface area contributed by atoms with E-state index in [1.165, 1.54) is 11.8 Å². The van der Waals surface area contributed by atoms with Crippen LogP contribution in [0.4, 0.5) is 5.69 Å². The zero-order valence-electron chi connectivity index (χ0n) is 21.6. The molecule has 0 aliphatic rings. The molecule has 0 aliphatic carbocycles. The first-order valence-electron chi connectivity index (χ1n) is 12.1. The molecule has 0 unspecified atom stereocenters. The number of thioether (sulfide) groups is 1. The van der Waals surface area contributed by atoms with Gasteiger partial charge in [-0.2, -0.15) is 0 Å². The van der Waals surface area contributed by atoms with Gasteiger partial charge in [0, 0.05) is 4.90 Å². The fourth-order valence-corrected chi connectivity index (χ4v) is 5.52. The van der Waals surface area contributed by atoms with Gasteiger partial charge in [0.25, 0.3) is 10.0 Å². The summed E-state index contributed by atoms with van der Waals surface area (Å²) in [5.41, 5.74) is 1.46. The lowest BCUT2D eigenvalue weighted by molar-refractivity contribution is -0.119. The maximum Gasteiger partial charge on any atom is 0.264 e. The molecule has 0 bridgehead atoms. The molecule has 0 atom stereocenters. The highest BCUT2D eigenvalue weighted by molar-refractivity contribution is 7.98. The van der Waals surface area contributed by atoms with E-state index in [-0.39, 0.29) is 24.6 Å². The van der Waals surface area contributed by atoms with Crippen molar-refractivity contribution in [3.8, 4) is 11.5 Å². The Kier molecular flexibility index (Phi) is 10.3. The number of carbonyl (C=O) groups excluding carboxylic acids is 1. The first kappa shape index (κ1) is 28.4. The van der Waals surface area contributed by atoms with Crippen LogP contribution in [-0.2, 0) is 14.8 Å². The fourth-order valence-electron chi connectivity index (χ4n) is 3.69. The predicted molar refractivity (Wildman–Crippen MR) is 149 cm³/mol. The average molecular weight is 543 g/mol. The molecule has 0 aromatic heterocycles. The topological polar surface area (TPSA) is 84.9 Å². The van der Waals surface area contributed by atoms with Gasteiger partial charge in [0.15, 0.2) is 0 Å². The summed E-state index contributed by atoms with van der Waals surface area (Å²) >= 11 is 1.52. The number of rotatable bonds is 13. The molecule has 0 fully saturated rings. The van der Waals surface area contributed by atoms with E-state index in [2.05, 4.69) is 19.2 Å². The Morgan fingerprint density at radius 1 is 0.973 bits per heavy atom. The van der Waals surface area contributed by atoms with E-state index in [4.69, 9.17) is 9.47 Å². The van der Waals surface area contributed by atoms with Gasteiger partial charge in [0.05, 0.1) is 23.7 Å². The molecular weight excluding hydrogens is 508 g/mol. The van der Waals surface area contributed by atoms with Crippen LogP contribution in [0.5, 0.6) is 11.5 Å². The third-order valence-corrected chi connectivity index (χ3v) is 8.12. The van der Waals surface area contributed by atoms with Crippen molar-refractivity contribution in [1.82, 2.24) is 5.32 Å². The van der Waals surface area contributed by atoms with E-state index in [9.17, 15) is 13.2 Å².